The Hall–Kier alpha value is -2.60. The van der Waals surface area contributed by atoms with E-state index in [1.165, 1.54) is 0 Å². The first-order valence-corrected chi connectivity index (χ1v) is 8.34. The van der Waals surface area contributed by atoms with Crippen LogP contribution in [0.1, 0.15) is 15.9 Å². The largest absolute Gasteiger partial charge is 0.493 e. The molecular formula is C19H23N3O3. The molecule has 1 aliphatic heterocycles. The predicted octanol–water partition coefficient (Wildman–Crippen LogP) is 2.06. The Kier molecular flexibility index (Phi) is 5.50. The van der Waals surface area contributed by atoms with Gasteiger partial charge < -0.3 is 14.4 Å². The maximum atomic E-state index is 12.5. The number of aromatic nitrogens is 1. The van der Waals surface area contributed by atoms with Crippen LogP contribution in [-0.2, 0) is 6.54 Å². The zero-order chi connectivity index (χ0) is 17.6. The number of methoxy groups -OCH3 is 2. The molecule has 2 aromatic rings. The molecule has 0 atom stereocenters. The summed E-state index contributed by atoms with van der Waals surface area (Å²) in [6, 6.07) is 9.44. The fraction of sp³-hybridized carbons (Fsp3) is 0.368. The van der Waals surface area contributed by atoms with Crippen LogP contribution < -0.4 is 9.47 Å². The van der Waals surface area contributed by atoms with E-state index in [4.69, 9.17) is 9.47 Å². The third-order valence-corrected chi connectivity index (χ3v) is 4.47. The number of benzene rings is 1. The second-order valence-corrected chi connectivity index (χ2v) is 5.96. The van der Waals surface area contributed by atoms with Crippen molar-refractivity contribution in [3.63, 3.8) is 0 Å². The van der Waals surface area contributed by atoms with E-state index in [-0.39, 0.29) is 5.91 Å². The molecule has 1 aromatic heterocycles. The lowest BCUT2D eigenvalue weighted by atomic mass is 10.1. The maximum absolute atomic E-state index is 12.5. The molecule has 2 heterocycles. The number of ether oxygens (including phenoxy) is 2. The highest BCUT2D eigenvalue weighted by molar-refractivity contribution is 5.94. The molecule has 0 unspecified atom stereocenters. The number of nitrogens with zero attached hydrogens (tertiary/aromatic N) is 3. The molecule has 0 bridgehead atoms. The monoisotopic (exact) mass is 341 g/mol. The number of hydrogen-bond acceptors (Lipinski definition) is 5. The molecule has 6 nitrogen and oxygen atoms in total. The van der Waals surface area contributed by atoms with Gasteiger partial charge in [0, 0.05) is 56.2 Å². The second-order valence-electron chi connectivity index (χ2n) is 5.96. The summed E-state index contributed by atoms with van der Waals surface area (Å²) in [6.45, 7) is 3.87. The van der Waals surface area contributed by atoms with Crippen LogP contribution in [0, 0.1) is 0 Å². The van der Waals surface area contributed by atoms with E-state index < -0.39 is 0 Å². The molecule has 0 N–H and O–H groups in total. The molecular weight excluding hydrogens is 318 g/mol. The molecule has 0 saturated carbocycles. The van der Waals surface area contributed by atoms with E-state index in [1.807, 2.05) is 17.0 Å². The van der Waals surface area contributed by atoms with Crippen molar-refractivity contribution in [2.45, 2.75) is 6.54 Å². The van der Waals surface area contributed by atoms with Crippen molar-refractivity contribution in [2.75, 3.05) is 40.4 Å². The van der Waals surface area contributed by atoms with Gasteiger partial charge in [0.2, 0.25) is 0 Å². The van der Waals surface area contributed by atoms with Gasteiger partial charge in [-0.25, -0.2) is 0 Å². The van der Waals surface area contributed by atoms with E-state index in [0.717, 1.165) is 36.7 Å². The van der Waals surface area contributed by atoms with Crippen LogP contribution in [0.3, 0.4) is 0 Å². The summed E-state index contributed by atoms with van der Waals surface area (Å²) < 4.78 is 10.9. The number of rotatable bonds is 5. The van der Waals surface area contributed by atoms with Gasteiger partial charge in [0.25, 0.3) is 5.91 Å². The standard InChI is InChI=1S/C19H23N3O3/c1-24-17-5-3-4-16(18(17)25-2)14-21-10-12-22(13-11-21)19(23)15-6-8-20-9-7-15/h3-9H,10-14H2,1-2H3. The van der Waals surface area contributed by atoms with Crippen molar-refractivity contribution in [2.24, 2.45) is 0 Å². The normalized spacial score (nSPS) is 15.0. The van der Waals surface area contributed by atoms with Crippen molar-refractivity contribution >= 4 is 5.91 Å². The Morgan fingerprint density at radius 1 is 1.04 bits per heavy atom. The van der Waals surface area contributed by atoms with E-state index in [1.54, 1.807) is 38.7 Å². The minimum absolute atomic E-state index is 0.0704. The molecule has 0 spiro atoms. The zero-order valence-corrected chi connectivity index (χ0v) is 14.6. The zero-order valence-electron chi connectivity index (χ0n) is 14.6. The molecule has 1 saturated heterocycles. The third kappa shape index (κ3) is 3.91. The van der Waals surface area contributed by atoms with Crippen LogP contribution in [0.2, 0.25) is 0 Å². The van der Waals surface area contributed by atoms with Gasteiger partial charge in [-0.3, -0.25) is 14.7 Å². The summed E-state index contributed by atoms with van der Waals surface area (Å²) in [4.78, 5) is 20.7. The molecule has 3 rings (SSSR count). The van der Waals surface area contributed by atoms with Crippen LogP contribution >= 0.6 is 0 Å². The van der Waals surface area contributed by atoms with E-state index in [2.05, 4.69) is 16.0 Å². The summed E-state index contributed by atoms with van der Waals surface area (Å²) in [5.41, 5.74) is 1.79. The topological polar surface area (TPSA) is 54.9 Å². The lowest BCUT2D eigenvalue weighted by Gasteiger charge is -2.35. The molecule has 1 aromatic carbocycles. The fourth-order valence-electron chi connectivity index (χ4n) is 3.11. The molecule has 1 fully saturated rings. The summed E-state index contributed by atoms with van der Waals surface area (Å²) in [6.07, 6.45) is 3.30. The molecule has 1 aliphatic rings. The van der Waals surface area contributed by atoms with Crippen LogP contribution in [0.15, 0.2) is 42.7 Å². The first-order chi connectivity index (χ1) is 12.2. The fourth-order valence-corrected chi connectivity index (χ4v) is 3.11. The van der Waals surface area contributed by atoms with Gasteiger partial charge in [0.15, 0.2) is 11.5 Å². The molecule has 0 radical (unpaired) electrons. The van der Waals surface area contributed by atoms with Crippen molar-refractivity contribution in [1.29, 1.82) is 0 Å². The van der Waals surface area contributed by atoms with Crippen molar-refractivity contribution in [3.05, 3.63) is 53.9 Å². The van der Waals surface area contributed by atoms with Crippen molar-refractivity contribution < 1.29 is 14.3 Å². The molecule has 132 valence electrons. The van der Waals surface area contributed by atoms with Gasteiger partial charge in [-0.1, -0.05) is 12.1 Å². The summed E-state index contributed by atoms with van der Waals surface area (Å²) >= 11 is 0. The van der Waals surface area contributed by atoms with Crippen LogP contribution in [0.25, 0.3) is 0 Å². The quantitative estimate of drug-likeness (QED) is 0.833. The van der Waals surface area contributed by atoms with Gasteiger partial charge in [0.1, 0.15) is 0 Å². The summed E-state index contributed by atoms with van der Waals surface area (Å²) in [5, 5.41) is 0. The van der Waals surface area contributed by atoms with Gasteiger partial charge >= 0.3 is 0 Å². The number of pyridine rings is 1. The minimum Gasteiger partial charge on any atom is -0.493 e. The average Bonchev–Trinajstić information content (AvgIpc) is 2.68. The van der Waals surface area contributed by atoms with Gasteiger partial charge in [-0.2, -0.15) is 0 Å². The van der Waals surface area contributed by atoms with Gasteiger partial charge in [0.05, 0.1) is 14.2 Å². The van der Waals surface area contributed by atoms with E-state index >= 15 is 0 Å². The van der Waals surface area contributed by atoms with Crippen molar-refractivity contribution in [3.8, 4) is 11.5 Å². The van der Waals surface area contributed by atoms with E-state index in [0.29, 0.717) is 18.7 Å². The number of amides is 1. The highest BCUT2D eigenvalue weighted by atomic mass is 16.5. The predicted molar refractivity (Wildman–Crippen MR) is 95.0 cm³/mol. The Labute approximate surface area is 148 Å². The Morgan fingerprint density at radius 3 is 2.40 bits per heavy atom. The smallest absolute Gasteiger partial charge is 0.254 e. The van der Waals surface area contributed by atoms with Crippen molar-refractivity contribution in [1.82, 2.24) is 14.8 Å². The molecule has 1 amide bonds. The summed E-state index contributed by atoms with van der Waals surface area (Å²) in [7, 11) is 3.30. The van der Waals surface area contributed by atoms with Crippen LogP contribution in [0.5, 0.6) is 11.5 Å². The number of para-hydroxylation sites is 1. The highest BCUT2D eigenvalue weighted by Gasteiger charge is 2.23. The molecule has 0 aliphatic carbocycles. The van der Waals surface area contributed by atoms with E-state index in [9.17, 15) is 4.79 Å². The molecule has 25 heavy (non-hydrogen) atoms. The number of carbonyl (C=O) groups excluding carboxylic acids is 1. The highest BCUT2D eigenvalue weighted by Crippen LogP contribution is 2.31. The number of carbonyl (C=O) groups is 1. The SMILES string of the molecule is COc1cccc(CN2CCN(C(=O)c3ccncc3)CC2)c1OC. The lowest BCUT2D eigenvalue weighted by molar-refractivity contribution is 0.0627. The molecule has 6 heteroatoms. The van der Waals surface area contributed by atoms with Crippen LogP contribution in [-0.4, -0.2) is 61.1 Å². The Balaban J connectivity index is 1.61. The first kappa shape index (κ1) is 17.2. The van der Waals surface area contributed by atoms with Gasteiger partial charge in [-0.05, 0) is 18.2 Å². The summed E-state index contributed by atoms with van der Waals surface area (Å²) in [5.74, 6) is 1.59. The van der Waals surface area contributed by atoms with Gasteiger partial charge in [-0.15, -0.1) is 0 Å². The number of hydrogen-bond donors (Lipinski definition) is 0. The van der Waals surface area contributed by atoms with Crippen LogP contribution in [0.4, 0.5) is 0 Å². The average molecular weight is 341 g/mol. The minimum atomic E-state index is 0.0704. The Morgan fingerprint density at radius 2 is 1.76 bits per heavy atom. The Bertz CT molecular complexity index is 713. The number of piperazine rings is 1. The second kappa shape index (κ2) is 7.98. The maximum Gasteiger partial charge on any atom is 0.254 e. The first-order valence-electron chi connectivity index (χ1n) is 8.34. The lowest BCUT2D eigenvalue weighted by Crippen LogP contribution is -2.48. The third-order valence-electron chi connectivity index (χ3n) is 4.47.